The number of piperidine rings is 1. The van der Waals surface area contributed by atoms with Crippen LogP contribution >= 0.6 is 0 Å². The minimum atomic E-state index is -0.428. The molecular formula is C29H38N2O3. The number of hydrogen-bond acceptors (Lipinski definition) is 4. The maximum absolute atomic E-state index is 12.3. The topological polar surface area (TPSA) is 50.8 Å². The molecule has 1 spiro atoms. The van der Waals surface area contributed by atoms with Crippen molar-refractivity contribution < 1.29 is 14.3 Å². The van der Waals surface area contributed by atoms with Crippen molar-refractivity contribution in [2.45, 2.75) is 76.5 Å². The maximum atomic E-state index is 12.3. The smallest absolute Gasteiger partial charge is 0.410 e. The van der Waals surface area contributed by atoms with Gasteiger partial charge in [0.2, 0.25) is 0 Å². The molecule has 1 saturated carbocycles. The lowest BCUT2D eigenvalue weighted by atomic mass is 9.95. The van der Waals surface area contributed by atoms with E-state index in [1.165, 1.54) is 29.5 Å². The van der Waals surface area contributed by atoms with Crippen molar-refractivity contribution in [2.24, 2.45) is 5.92 Å². The van der Waals surface area contributed by atoms with Crippen molar-refractivity contribution in [3.05, 3.63) is 65.2 Å². The number of carbonyl (C=O) groups is 1. The van der Waals surface area contributed by atoms with Crippen LogP contribution < -0.4 is 10.1 Å². The molecule has 1 heterocycles. The molecule has 2 fully saturated rings. The van der Waals surface area contributed by atoms with Gasteiger partial charge in [-0.1, -0.05) is 36.4 Å². The number of nitrogens with one attached hydrogen (secondary N) is 1. The van der Waals surface area contributed by atoms with Crippen LogP contribution in [0.1, 0.15) is 63.1 Å². The number of likely N-dealkylation sites (tertiary alicyclic amines) is 1. The molecule has 0 bridgehead atoms. The van der Waals surface area contributed by atoms with E-state index in [9.17, 15) is 4.79 Å². The fraction of sp³-hybridized carbons (Fsp3) is 0.552. The maximum Gasteiger partial charge on any atom is 0.410 e. The van der Waals surface area contributed by atoms with Gasteiger partial charge >= 0.3 is 6.09 Å². The van der Waals surface area contributed by atoms with Gasteiger partial charge in [-0.25, -0.2) is 4.79 Å². The van der Waals surface area contributed by atoms with Crippen LogP contribution in [0.15, 0.2) is 48.5 Å². The Kier molecular flexibility index (Phi) is 6.32. The fourth-order valence-corrected chi connectivity index (χ4v) is 5.69. The lowest BCUT2D eigenvalue weighted by Gasteiger charge is -2.33. The first kappa shape index (κ1) is 23.2. The third-order valence-corrected chi connectivity index (χ3v) is 7.70. The molecule has 1 N–H and O–H groups in total. The number of nitrogens with zero attached hydrogens (tertiary/aromatic N) is 1. The van der Waals surface area contributed by atoms with Crippen LogP contribution in [0, 0.1) is 5.92 Å². The number of hydrogen-bond donors (Lipinski definition) is 1. The molecule has 34 heavy (non-hydrogen) atoms. The summed E-state index contributed by atoms with van der Waals surface area (Å²) in [6.07, 6.45) is 5.54. The fourth-order valence-electron chi connectivity index (χ4n) is 5.69. The summed E-state index contributed by atoms with van der Waals surface area (Å²) >= 11 is 0. The van der Waals surface area contributed by atoms with Crippen LogP contribution in [0.25, 0.3) is 0 Å². The molecule has 2 aromatic carbocycles. The van der Waals surface area contributed by atoms with E-state index < -0.39 is 5.60 Å². The number of amides is 1. The number of ether oxygens (including phenoxy) is 2. The monoisotopic (exact) mass is 462 g/mol. The summed E-state index contributed by atoms with van der Waals surface area (Å²) in [5, 5.41) is 3.88. The lowest BCUT2D eigenvalue weighted by Crippen LogP contribution is -2.43. The van der Waals surface area contributed by atoms with Crippen molar-refractivity contribution in [1.29, 1.82) is 0 Å². The molecule has 2 atom stereocenters. The van der Waals surface area contributed by atoms with Gasteiger partial charge in [0.1, 0.15) is 18.0 Å². The Morgan fingerprint density at radius 1 is 1.12 bits per heavy atom. The van der Waals surface area contributed by atoms with Crippen molar-refractivity contribution >= 4 is 6.09 Å². The van der Waals surface area contributed by atoms with Crippen LogP contribution in [0.2, 0.25) is 0 Å². The van der Waals surface area contributed by atoms with Crippen LogP contribution in [-0.4, -0.2) is 42.3 Å². The summed E-state index contributed by atoms with van der Waals surface area (Å²) in [4.78, 5) is 14.2. The number of rotatable bonds is 6. The predicted octanol–water partition coefficient (Wildman–Crippen LogP) is 5.46. The molecule has 1 aliphatic heterocycles. The van der Waals surface area contributed by atoms with E-state index in [2.05, 4.69) is 47.8 Å². The number of benzene rings is 2. The van der Waals surface area contributed by atoms with E-state index in [-0.39, 0.29) is 6.09 Å². The van der Waals surface area contributed by atoms with Crippen LogP contribution in [0.3, 0.4) is 0 Å². The minimum Gasteiger partial charge on any atom is -0.489 e. The minimum absolute atomic E-state index is 0.172. The average molecular weight is 463 g/mol. The van der Waals surface area contributed by atoms with Gasteiger partial charge in [-0.15, -0.1) is 0 Å². The molecule has 2 aromatic rings. The number of aryl methyl sites for hydroxylation is 1. The number of fused-ring (bicyclic) bond motifs is 2. The third-order valence-electron chi connectivity index (χ3n) is 7.70. The molecule has 5 rings (SSSR count). The quantitative estimate of drug-likeness (QED) is 0.619. The van der Waals surface area contributed by atoms with Gasteiger partial charge in [-0.05, 0) is 94.2 Å². The van der Waals surface area contributed by atoms with Gasteiger partial charge in [-0.3, -0.25) is 0 Å². The van der Waals surface area contributed by atoms with Gasteiger partial charge < -0.3 is 19.7 Å². The summed E-state index contributed by atoms with van der Waals surface area (Å²) in [6.45, 7) is 9.02. The van der Waals surface area contributed by atoms with Gasteiger partial charge in [0.05, 0.1) is 0 Å². The molecule has 182 valence electrons. The Morgan fingerprint density at radius 2 is 1.88 bits per heavy atom. The summed E-state index contributed by atoms with van der Waals surface area (Å²) in [5.74, 6) is 1.60. The second-order valence-electron chi connectivity index (χ2n) is 11.3. The second-order valence-corrected chi connectivity index (χ2v) is 11.3. The van der Waals surface area contributed by atoms with E-state index in [0.29, 0.717) is 24.0 Å². The Bertz CT molecular complexity index is 1010. The molecule has 0 radical (unpaired) electrons. The normalized spacial score (nSPS) is 24.2. The molecule has 1 amide bonds. The lowest BCUT2D eigenvalue weighted by molar-refractivity contribution is 0.0184. The van der Waals surface area contributed by atoms with Crippen molar-refractivity contribution in [1.82, 2.24) is 10.2 Å². The highest BCUT2D eigenvalue weighted by Crippen LogP contribution is 2.57. The predicted molar refractivity (Wildman–Crippen MR) is 134 cm³/mol. The van der Waals surface area contributed by atoms with E-state index >= 15 is 0 Å². The van der Waals surface area contributed by atoms with E-state index in [4.69, 9.17) is 9.47 Å². The first-order valence-corrected chi connectivity index (χ1v) is 12.8. The molecule has 5 nitrogen and oxygen atoms in total. The van der Waals surface area contributed by atoms with E-state index in [0.717, 1.165) is 44.6 Å². The number of carbonyl (C=O) groups excluding carboxylic acids is 1. The third kappa shape index (κ3) is 5.10. The molecule has 2 aliphatic carbocycles. The highest BCUT2D eigenvalue weighted by molar-refractivity contribution is 5.68. The van der Waals surface area contributed by atoms with Crippen molar-refractivity contribution in [3.8, 4) is 5.75 Å². The highest BCUT2D eigenvalue weighted by Gasteiger charge is 2.57. The van der Waals surface area contributed by atoms with Gasteiger partial charge in [0.15, 0.2) is 0 Å². The average Bonchev–Trinajstić information content (AvgIpc) is 3.41. The zero-order valence-corrected chi connectivity index (χ0v) is 20.8. The Labute approximate surface area is 203 Å². The van der Waals surface area contributed by atoms with E-state index in [1.54, 1.807) is 0 Å². The summed E-state index contributed by atoms with van der Waals surface area (Å²) in [5.41, 5.74) is 4.08. The van der Waals surface area contributed by atoms with E-state index in [1.807, 2.05) is 31.7 Å². The molecule has 0 aromatic heterocycles. The van der Waals surface area contributed by atoms with Gasteiger partial charge in [0.25, 0.3) is 0 Å². The highest BCUT2D eigenvalue weighted by atomic mass is 16.6. The van der Waals surface area contributed by atoms with Gasteiger partial charge in [0, 0.05) is 24.5 Å². The largest absolute Gasteiger partial charge is 0.489 e. The van der Waals surface area contributed by atoms with Crippen LogP contribution in [0.4, 0.5) is 4.79 Å². The molecule has 3 aliphatic rings. The molecule has 1 saturated heterocycles. The summed E-state index contributed by atoms with van der Waals surface area (Å²) in [6, 6.07) is 17.6. The van der Waals surface area contributed by atoms with Crippen LogP contribution in [0.5, 0.6) is 5.75 Å². The summed E-state index contributed by atoms with van der Waals surface area (Å²) < 4.78 is 11.6. The Balaban J connectivity index is 1.09. The first-order valence-electron chi connectivity index (χ1n) is 12.8. The van der Waals surface area contributed by atoms with Gasteiger partial charge in [-0.2, -0.15) is 0 Å². The van der Waals surface area contributed by atoms with Crippen molar-refractivity contribution in [2.75, 3.05) is 19.6 Å². The second kappa shape index (κ2) is 9.26. The van der Waals surface area contributed by atoms with Crippen molar-refractivity contribution in [3.63, 3.8) is 0 Å². The summed E-state index contributed by atoms with van der Waals surface area (Å²) in [7, 11) is 0. The molecular weight excluding hydrogens is 424 g/mol. The standard InChI is InChI=1S/C29H38N2O3/c1-28(2,3)34-27(32)31-15-12-21(13-16-31)19-30-26-18-29(26)14-11-23-17-24(9-10-25(23)29)33-20-22-7-5-4-6-8-22/h4-10,17,21,26,30H,11-16,18-20H2,1-3H3. The Morgan fingerprint density at radius 3 is 2.62 bits per heavy atom. The SMILES string of the molecule is CC(C)(C)OC(=O)N1CCC(CNC2CC23CCc2cc(OCc4ccccc4)ccc23)CC1. The zero-order chi connectivity index (χ0) is 23.8. The first-order chi connectivity index (χ1) is 16.3. The Hall–Kier alpha value is -2.53. The zero-order valence-electron chi connectivity index (χ0n) is 20.8. The molecule has 5 heteroatoms. The molecule has 2 unspecified atom stereocenters. The van der Waals surface area contributed by atoms with Crippen LogP contribution in [-0.2, 0) is 23.2 Å².